The molecule has 0 unspecified atom stereocenters. The maximum Gasteiger partial charge on any atom is 0.335 e. The van der Waals surface area contributed by atoms with Gasteiger partial charge in [-0.25, -0.2) is 9.59 Å². The Balaban J connectivity index is 1.43. The number of carbonyl (C=O) groups is 2. The predicted octanol–water partition coefficient (Wildman–Crippen LogP) is -2.33. The first-order valence-corrected chi connectivity index (χ1v) is 14.5. The summed E-state index contributed by atoms with van der Waals surface area (Å²) in [7, 11) is 1.95. The van der Waals surface area contributed by atoms with Gasteiger partial charge in [0.1, 0.15) is 42.7 Å². The molecule has 4 aliphatic rings. The Morgan fingerprint density at radius 1 is 0.978 bits per heavy atom. The normalized spacial score (nSPS) is 40.5. The Morgan fingerprint density at radius 2 is 1.56 bits per heavy atom. The van der Waals surface area contributed by atoms with Crippen molar-refractivity contribution < 1.29 is 74.1 Å². The van der Waals surface area contributed by atoms with E-state index in [0.29, 0.717) is 19.5 Å². The molecule has 0 spiro atoms. The molecule has 13 atom stereocenters. The molecule has 0 aliphatic carbocycles. The first kappa shape index (κ1) is 33.5. The van der Waals surface area contributed by atoms with E-state index in [4.69, 9.17) is 23.7 Å². The molecule has 2 saturated heterocycles. The average molecular weight is 642 g/mol. The van der Waals surface area contributed by atoms with Crippen LogP contribution in [-0.4, -0.2) is 145 Å². The topological polar surface area (TPSA) is 245 Å². The summed E-state index contributed by atoms with van der Waals surface area (Å²) in [6.45, 7) is 6.91. The highest BCUT2D eigenvalue weighted by atomic mass is 16.7. The fourth-order valence-electron chi connectivity index (χ4n) is 6.52. The quantitative estimate of drug-likeness (QED) is 0.132. The maximum atomic E-state index is 11.6. The summed E-state index contributed by atoms with van der Waals surface area (Å²) in [6, 6.07) is 3.36. The number of carboxylic acid groups (broad SMARTS) is 2. The number of carboxylic acids is 2. The zero-order valence-electron chi connectivity index (χ0n) is 24.6. The lowest BCUT2D eigenvalue weighted by atomic mass is 9.72. The minimum Gasteiger partial charge on any atom is -0.485 e. The Hall–Kier alpha value is -2.90. The number of aliphatic carboxylic acids is 2. The minimum absolute atomic E-state index is 0.0739. The van der Waals surface area contributed by atoms with Gasteiger partial charge in [0.25, 0.3) is 0 Å². The van der Waals surface area contributed by atoms with Crippen LogP contribution in [0.3, 0.4) is 0 Å². The van der Waals surface area contributed by atoms with E-state index in [9.17, 15) is 50.4 Å². The number of benzene rings is 1. The highest BCUT2D eigenvalue weighted by Gasteiger charge is 2.53. The largest absolute Gasteiger partial charge is 0.485 e. The Labute approximate surface area is 257 Å². The van der Waals surface area contributed by atoms with Crippen molar-refractivity contribution >= 4 is 11.9 Å². The van der Waals surface area contributed by atoms with Crippen LogP contribution >= 0.6 is 0 Å². The minimum atomic E-state index is -1.90. The van der Waals surface area contributed by atoms with Crippen LogP contribution in [0.15, 0.2) is 24.8 Å². The number of hydrogen-bond acceptors (Lipinski definition) is 14. The number of aliphatic hydroxyl groups excluding tert-OH is 6. The first-order chi connectivity index (χ1) is 21.2. The number of aliphatic hydroxyl groups is 6. The zero-order chi connectivity index (χ0) is 33.0. The van der Waals surface area contributed by atoms with Gasteiger partial charge in [0.15, 0.2) is 30.0 Å². The van der Waals surface area contributed by atoms with Crippen LogP contribution in [0, 0.1) is 0 Å². The van der Waals surface area contributed by atoms with Crippen LogP contribution < -0.4 is 9.47 Å². The molecule has 0 bridgehead atoms. The van der Waals surface area contributed by atoms with Crippen molar-refractivity contribution in [3.05, 3.63) is 35.9 Å². The van der Waals surface area contributed by atoms with Crippen LogP contribution in [-0.2, 0) is 35.8 Å². The zero-order valence-corrected chi connectivity index (χ0v) is 24.6. The molecule has 16 nitrogen and oxygen atoms in total. The molecule has 0 amide bonds. The van der Waals surface area contributed by atoms with Gasteiger partial charge in [-0.05, 0) is 38.6 Å². The fraction of sp³-hybridized carbons (Fsp3) is 0.655. The lowest BCUT2D eigenvalue weighted by Crippen LogP contribution is -2.61. The molecule has 0 radical (unpaired) electrons. The summed E-state index contributed by atoms with van der Waals surface area (Å²) in [5, 5.41) is 80.4. The van der Waals surface area contributed by atoms with E-state index < -0.39 is 91.0 Å². The number of ether oxygens (including phenoxy) is 5. The van der Waals surface area contributed by atoms with Gasteiger partial charge in [-0.15, -0.1) is 6.58 Å². The molecule has 0 aromatic heterocycles. The van der Waals surface area contributed by atoms with E-state index in [-0.39, 0.29) is 17.9 Å². The van der Waals surface area contributed by atoms with Crippen molar-refractivity contribution in [1.82, 2.24) is 4.90 Å². The van der Waals surface area contributed by atoms with E-state index in [1.54, 1.807) is 25.1 Å². The van der Waals surface area contributed by atoms with Gasteiger partial charge in [-0.3, -0.25) is 0 Å². The molecule has 250 valence electrons. The summed E-state index contributed by atoms with van der Waals surface area (Å²) in [4.78, 5) is 25.3. The van der Waals surface area contributed by atoms with Gasteiger partial charge in [-0.2, -0.15) is 0 Å². The van der Waals surface area contributed by atoms with Crippen molar-refractivity contribution in [2.75, 3.05) is 13.6 Å². The van der Waals surface area contributed by atoms with Crippen molar-refractivity contribution in [2.45, 2.75) is 105 Å². The average Bonchev–Trinajstić information content (AvgIpc) is 3.22. The fourth-order valence-corrected chi connectivity index (χ4v) is 6.52. The van der Waals surface area contributed by atoms with E-state index in [1.165, 1.54) is 0 Å². The second kappa shape index (κ2) is 12.7. The molecule has 1 aromatic rings. The van der Waals surface area contributed by atoms with Gasteiger partial charge in [0, 0.05) is 18.5 Å². The van der Waals surface area contributed by atoms with E-state index >= 15 is 0 Å². The highest BCUT2D eigenvalue weighted by molar-refractivity contribution is 5.74. The van der Waals surface area contributed by atoms with Crippen LogP contribution in [0.1, 0.15) is 30.9 Å². The van der Waals surface area contributed by atoms with Crippen molar-refractivity contribution in [3.63, 3.8) is 0 Å². The Kier molecular flexibility index (Phi) is 9.45. The highest BCUT2D eigenvalue weighted by Crippen LogP contribution is 2.55. The maximum absolute atomic E-state index is 11.6. The Bertz CT molecular complexity index is 1290. The van der Waals surface area contributed by atoms with Crippen molar-refractivity contribution in [3.8, 4) is 11.5 Å². The van der Waals surface area contributed by atoms with Gasteiger partial charge in [0.2, 0.25) is 6.29 Å². The predicted molar refractivity (Wildman–Crippen MR) is 148 cm³/mol. The lowest BCUT2D eigenvalue weighted by Gasteiger charge is -2.40. The molecule has 8 N–H and O–H groups in total. The molecule has 4 heterocycles. The first-order valence-electron chi connectivity index (χ1n) is 14.5. The summed E-state index contributed by atoms with van der Waals surface area (Å²) in [6.07, 6.45) is -17.0. The van der Waals surface area contributed by atoms with Gasteiger partial charge < -0.3 is 69.4 Å². The van der Waals surface area contributed by atoms with Gasteiger partial charge in [-0.1, -0.05) is 12.1 Å². The monoisotopic (exact) mass is 641 g/mol. The third-order valence-corrected chi connectivity index (χ3v) is 9.00. The van der Waals surface area contributed by atoms with E-state index in [0.717, 1.165) is 11.1 Å². The number of hydrogen-bond donors (Lipinski definition) is 8. The standard InChI is InChI=1S/C29H39NO15/c1-4-29-7-8-30(3)10-12-5-6-13(42-28-21(36)17(32)19(34)24(45-28)26(39)40)22(15(12)29)43-14(29)9-11(2)41-27-20(35)16(31)18(33)23(44-27)25(37)38/h4-6,11,14,16-21,23-24,27-28,31-36H,1,7-10H2,2-3H3,(H,37,38)(H,39,40)/t11-,14-,16+,17+,18+,19+,20-,21-,23+,24+,27-,28-,29-/m0/s1. The molecule has 16 heteroatoms. The molecule has 4 aliphatic heterocycles. The van der Waals surface area contributed by atoms with Gasteiger partial charge in [0.05, 0.1) is 11.5 Å². The molecule has 45 heavy (non-hydrogen) atoms. The molecule has 1 aromatic carbocycles. The van der Waals surface area contributed by atoms with E-state index in [1.807, 2.05) is 7.05 Å². The van der Waals surface area contributed by atoms with Crippen molar-refractivity contribution in [1.29, 1.82) is 0 Å². The summed E-state index contributed by atoms with van der Waals surface area (Å²) in [5.74, 6) is -2.76. The lowest BCUT2D eigenvalue weighted by molar-refractivity contribution is -0.304. The molecular formula is C29H39NO15. The summed E-state index contributed by atoms with van der Waals surface area (Å²) < 4.78 is 28.8. The van der Waals surface area contributed by atoms with Crippen LogP contribution in [0.25, 0.3) is 0 Å². The SMILES string of the molecule is C=C[C@@]12CCN(C)Cc3ccc(O[C@H]4O[C@@H](C(=O)O)[C@H](O)[C@@H](O)[C@@H]4O)c(c31)O[C@H]2C[C@H](C)O[C@H]1O[C@@H](C(=O)O)[C@H](O)[C@@H](O)[C@@H]1O. The van der Waals surface area contributed by atoms with Crippen LogP contribution in [0.4, 0.5) is 0 Å². The molecule has 0 saturated carbocycles. The second-order valence-electron chi connectivity index (χ2n) is 12.0. The van der Waals surface area contributed by atoms with E-state index in [2.05, 4.69) is 11.5 Å². The smallest absolute Gasteiger partial charge is 0.335 e. The second-order valence-corrected chi connectivity index (χ2v) is 12.0. The van der Waals surface area contributed by atoms with Crippen molar-refractivity contribution in [2.24, 2.45) is 0 Å². The number of nitrogens with zero attached hydrogens (tertiary/aromatic N) is 1. The summed E-state index contributed by atoms with van der Waals surface area (Å²) in [5.41, 5.74) is 0.795. The van der Waals surface area contributed by atoms with Crippen LogP contribution in [0.2, 0.25) is 0 Å². The number of rotatable bonds is 9. The summed E-state index contributed by atoms with van der Waals surface area (Å²) >= 11 is 0. The van der Waals surface area contributed by atoms with Crippen LogP contribution in [0.5, 0.6) is 11.5 Å². The third-order valence-electron chi connectivity index (χ3n) is 9.00. The van der Waals surface area contributed by atoms with Gasteiger partial charge >= 0.3 is 11.9 Å². The Morgan fingerprint density at radius 3 is 2.13 bits per heavy atom. The molecule has 2 fully saturated rings. The third kappa shape index (κ3) is 5.91. The molecular weight excluding hydrogens is 602 g/mol. The molecule has 5 rings (SSSR count).